The first kappa shape index (κ1) is 47.7. The lowest BCUT2D eigenvalue weighted by Crippen LogP contribution is -3.00. The molecule has 12 nitrogen and oxygen atoms in total. The summed E-state index contributed by atoms with van der Waals surface area (Å²) in [5, 5.41) is 0. The highest BCUT2D eigenvalue weighted by atomic mass is 35.5. The number of carbonyl (C=O) groups is 4. The molecule has 4 aromatic rings. The van der Waals surface area contributed by atoms with Crippen LogP contribution in [-0.4, -0.2) is 105 Å². The number of aryl methyl sites for hydroxylation is 5. The van der Waals surface area contributed by atoms with Crippen molar-refractivity contribution < 1.29 is 45.5 Å². The van der Waals surface area contributed by atoms with Gasteiger partial charge < -0.3 is 36.3 Å². The standard InChI is InChI=1S/C22H27N3O3.C20H23N3O3.2CH4.ClH/c1-14-7-8-17-18(11-19-15(2)10-16(3)23-19)22(27)24(20(17)9-14)13-28-21(26)12-25(4,5)6;1-13-9-14(2)21-17(13)10-16-15-7-5-6-8-18(15)23(20(16)25)12-26-19(24)11-22(3)4;;;/h7-11H,12-13H2,1-6H3;5-10,21H,11-12H2,1-4H3;2*1H4;1H/b;16-10-;;;. The lowest BCUT2D eigenvalue weighted by Gasteiger charge is -2.23. The minimum absolute atomic E-state index is 0. The molecule has 2 aromatic heterocycles. The molecule has 0 aliphatic carbocycles. The van der Waals surface area contributed by atoms with Crippen LogP contribution in [0.1, 0.15) is 65.4 Å². The molecule has 0 saturated carbocycles. The summed E-state index contributed by atoms with van der Waals surface area (Å²) < 4.78 is 11.2. The number of hydrogen-bond donors (Lipinski definition) is 2. The van der Waals surface area contributed by atoms with Crippen molar-refractivity contribution in [1.82, 2.24) is 14.9 Å². The van der Waals surface area contributed by atoms with Gasteiger partial charge in [-0.1, -0.05) is 45.2 Å². The number of nitrogens with one attached hydrogen (secondary N) is 2. The maximum absolute atomic E-state index is 13.1. The number of ether oxygens (including phenoxy) is 2. The maximum atomic E-state index is 13.1. The normalized spacial score (nSPS) is 14.4. The Labute approximate surface area is 344 Å². The summed E-state index contributed by atoms with van der Waals surface area (Å²) in [6, 6.07) is 17.5. The molecule has 0 fully saturated rings. The van der Waals surface area contributed by atoms with Gasteiger partial charge >= 0.3 is 11.9 Å². The summed E-state index contributed by atoms with van der Waals surface area (Å²) in [6.45, 7) is 10.2. The number of halogens is 1. The van der Waals surface area contributed by atoms with E-state index in [2.05, 4.69) is 9.97 Å². The van der Waals surface area contributed by atoms with E-state index in [1.165, 1.54) is 9.80 Å². The Hall–Kier alpha value is -5.43. The number of carbonyl (C=O) groups excluding carboxylic acids is 4. The minimum atomic E-state index is -0.367. The first-order valence-electron chi connectivity index (χ1n) is 17.8. The molecule has 0 radical (unpaired) electrons. The number of benzene rings is 2. The fourth-order valence-electron chi connectivity index (χ4n) is 6.40. The Morgan fingerprint density at radius 3 is 1.65 bits per heavy atom. The highest BCUT2D eigenvalue weighted by molar-refractivity contribution is 6.36. The van der Waals surface area contributed by atoms with Crippen molar-refractivity contribution in [1.29, 1.82) is 0 Å². The van der Waals surface area contributed by atoms with Crippen LogP contribution in [0.3, 0.4) is 0 Å². The molecular formula is C44H59ClN6O6. The Balaban J connectivity index is 0.000000375. The van der Waals surface area contributed by atoms with E-state index < -0.39 is 0 Å². The number of fused-ring (bicyclic) bond motifs is 2. The molecular weight excluding hydrogens is 744 g/mol. The third-order valence-corrected chi connectivity index (χ3v) is 8.89. The average Bonchev–Trinajstić information content (AvgIpc) is 3.74. The number of aromatic amines is 2. The van der Waals surface area contributed by atoms with Crippen LogP contribution >= 0.6 is 0 Å². The van der Waals surface area contributed by atoms with Crippen LogP contribution < -0.4 is 22.2 Å². The van der Waals surface area contributed by atoms with Crippen molar-refractivity contribution in [3.63, 3.8) is 0 Å². The van der Waals surface area contributed by atoms with Gasteiger partial charge in [-0.2, -0.15) is 0 Å². The van der Waals surface area contributed by atoms with Crippen molar-refractivity contribution in [3.05, 3.63) is 105 Å². The molecule has 57 heavy (non-hydrogen) atoms. The van der Waals surface area contributed by atoms with Crippen molar-refractivity contribution in [2.24, 2.45) is 0 Å². The van der Waals surface area contributed by atoms with Crippen LogP contribution in [0, 0.1) is 34.6 Å². The number of para-hydroxylation sites is 1. The van der Waals surface area contributed by atoms with Crippen LogP contribution in [0.25, 0.3) is 23.3 Å². The van der Waals surface area contributed by atoms with Gasteiger partial charge in [0.2, 0.25) is 0 Å². The fraction of sp³-hybridized carbons (Fsp3) is 0.364. The van der Waals surface area contributed by atoms with Gasteiger partial charge in [-0.05, 0) is 102 Å². The minimum Gasteiger partial charge on any atom is -1.00 e. The van der Waals surface area contributed by atoms with E-state index in [0.29, 0.717) is 15.6 Å². The third kappa shape index (κ3) is 11.6. The zero-order chi connectivity index (χ0) is 39.5. The highest BCUT2D eigenvalue weighted by Crippen LogP contribution is 2.39. The number of likely N-dealkylation sites (N-methyl/N-ethyl adjacent to an activating group) is 2. The van der Waals surface area contributed by atoms with E-state index in [9.17, 15) is 19.2 Å². The number of anilines is 2. The number of rotatable bonds is 10. The van der Waals surface area contributed by atoms with Gasteiger partial charge in [0, 0.05) is 33.9 Å². The molecule has 0 bridgehead atoms. The number of esters is 2. The SMILES string of the molecule is C.C.Cc1cc(C)c(/C=C2\C(=O)N(COC(=O)CN(C)C)c3ccccc32)[nH]1.Cc1ccc2c(c1)N(COC(=O)C[N+](C)(C)C)C(=O)/C2=C\c1[nH]c(C)cc1C.[Cl-]. The highest BCUT2D eigenvalue weighted by Gasteiger charge is 2.35. The van der Waals surface area contributed by atoms with Crippen molar-refractivity contribution >= 4 is 58.4 Å². The Morgan fingerprint density at radius 1 is 0.702 bits per heavy atom. The van der Waals surface area contributed by atoms with Crippen molar-refractivity contribution in [2.45, 2.75) is 49.5 Å². The second-order valence-electron chi connectivity index (χ2n) is 15.2. The number of amides is 2. The fourth-order valence-corrected chi connectivity index (χ4v) is 6.40. The molecule has 0 atom stereocenters. The summed E-state index contributed by atoms with van der Waals surface area (Å²) in [5.74, 6) is -1.03. The lowest BCUT2D eigenvalue weighted by atomic mass is 10.0. The molecule has 0 saturated heterocycles. The monoisotopic (exact) mass is 802 g/mol. The van der Waals surface area contributed by atoms with E-state index in [4.69, 9.17) is 9.47 Å². The Morgan fingerprint density at radius 2 is 1.18 bits per heavy atom. The zero-order valence-electron chi connectivity index (χ0n) is 33.3. The number of nitrogens with zero attached hydrogens (tertiary/aromatic N) is 4. The number of quaternary nitrogens is 1. The maximum Gasteiger partial charge on any atom is 0.363 e. The zero-order valence-corrected chi connectivity index (χ0v) is 34.1. The molecule has 13 heteroatoms. The predicted molar refractivity (Wildman–Crippen MR) is 226 cm³/mol. The molecule has 6 rings (SSSR count). The molecule has 2 aliphatic heterocycles. The van der Waals surface area contributed by atoms with E-state index in [0.717, 1.165) is 62.0 Å². The Kier molecular flexibility index (Phi) is 16.4. The second-order valence-corrected chi connectivity index (χ2v) is 15.2. The summed E-state index contributed by atoms with van der Waals surface area (Å²) in [7, 11) is 9.34. The van der Waals surface area contributed by atoms with Gasteiger partial charge in [0.05, 0.1) is 50.2 Å². The largest absolute Gasteiger partial charge is 1.00 e. The average molecular weight is 803 g/mol. The van der Waals surface area contributed by atoms with Gasteiger partial charge in [-0.3, -0.25) is 29.1 Å². The number of aromatic nitrogens is 2. The quantitative estimate of drug-likeness (QED) is 0.142. The molecule has 2 aromatic carbocycles. The molecule has 2 aliphatic rings. The van der Waals surface area contributed by atoms with E-state index >= 15 is 0 Å². The van der Waals surface area contributed by atoms with Crippen LogP contribution in [0.4, 0.5) is 11.4 Å². The smallest absolute Gasteiger partial charge is 0.363 e. The molecule has 4 heterocycles. The molecule has 308 valence electrons. The second kappa shape index (κ2) is 19.6. The topological polar surface area (TPSA) is 128 Å². The number of hydrogen-bond acceptors (Lipinski definition) is 7. The van der Waals surface area contributed by atoms with Gasteiger partial charge in [-0.15, -0.1) is 0 Å². The molecule has 0 spiro atoms. The lowest BCUT2D eigenvalue weighted by molar-refractivity contribution is -0.862. The summed E-state index contributed by atoms with van der Waals surface area (Å²) in [4.78, 5) is 61.4. The van der Waals surface area contributed by atoms with Gasteiger partial charge in [0.1, 0.15) is 0 Å². The predicted octanol–water partition coefficient (Wildman–Crippen LogP) is 3.89. The van der Waals surface area contributed by atoms with Crippen LogP contribution in [0.15, 0.2) is 54.6 Å². The Bertz CT molecular complexity index is 2160. The summed E-state index contributed by atoms with van der Waals surface area (Å²) >= 11 is 0. The first-order chi connectivity index (χ1) is 25.4. The van der Waals surface area contributed by atoms with Crippen molar-refractivity contribution in [2.75, 3.05) is 71.6 Å². The first-order valence-corrected chi connectivity index (χ1v) is 17.8. The van der Waals surface area contributed by atoms with E-state index in [1.54, 1.807) is 19.0 Å². The summed E-state index contributed by atoms with van der Waals surface area (Å²) in [5.41, 5.74) is 11.5. The summed E-state index contributed by atoms with van der Waals surface area (Å²) in [6.07, 6.45) is 3.75. The number of H-pyrrole nitrogens is 2. The third-order valence-electron chi connectivity index (χ3n) is 8.89. The molecule has 0 unspecified atom stereocenters. The van der Waals surface area contributed by atoms with E-state index in [1.807, 2.05) is 123 Å². The van der Waals surface area contributed by atoms with Gasteiger partial charge in [0.15, 0.2) is 20.0 Å². The van der Waals surface area contributed by atoms with Crippen LogP contribution in [-0.2, 0) is 28.7 Å². The molecule has 2 N–H and O–H groups in total. The molecule has 2 amide bonds. The van der Waals surface area contributed by atoms with Crippen LogP contribution in [0.5, 0.6) is 0 Å². The van der Waals surface area contributed by atoms with Crippen LogP contribution in [0.2, 0.25) is 0 Å². The van der Waals surface area contributed by atoms with E-state index in [-0.39, 0.29) is 77.6 Å². The van der Waals surface area contributed by atoms with Gasteiger partial charge in [0.25, 0.3) is 11.8 Å². The van der Waals surface area contributed by atoms with Crippen molar-refractivity contribution in [3.8, 4) is 0 Å². The van der Waals surface area contributed by atoms with Gasteiger partial charge in [-0.25, -0.2) is 4.79 Å².